The van der Waals surface area contributed by atoms with Crippen LogP contribution in [0.1, 0.15) is 25.7 Å². The summed E-state index contributed by atoms with van der Waals surface area (Å²) in [4.78, 5) is 5.02. The van der Waals surface area contributed by atoms with E-state index in [-0.39, 0.29) is 0 Å². The van der Waals surface area contributed by atoms with Crippen molar-refractivity contribution in [1.29, 1.82) is 0 Å². The van der Waals surface area contributed by atoms with Crippen LogP contribution in [0.4, 0.5) is 5.69 Å². The minimum Gasteiger partial charge on any atom is -0.371 e. The zero-order valence-corrected chi connectivity index (χ0v) is 12.6. The molecule has 110 valence electrons. The third-order valence-electron chi connectivity index (χ3n) is 4.93. The Kier molecular flexibility index (Phi) is 4.58. The molecule has 0 aliphatic carbocycles. The Morgan fingerprint density at radius 1 is 1.05 bits per heavy atom. The molecule has 0 aromatic heterocycles. The van der Waals surface area contributed by atoms with Gasteiger partial charge >= 0.3 is 0 Å². The molecule has 0 bridgehead atoms. The van der Waals surface area contributed by atoms with Gasteiger partial charge in [0.05, 0.1) is 0 Å². The fraction of sp³-hybridized carbons (Fsp3) is 0.647. The smallest absolute Gasteiger partial charge is 0.0366 e. The van der Waals surface area contributed by atoms with E-state index in [1.165, 1.54) is 57.5 Å². The van der Waals surface area contributed by atoms with Crippen LogP contribution in [0.5, 0.6) is 0 Å². The van der Waals surface area contributed by atoms with E-state index < -0.39 is 0 Å². The number of nitrogens with zero attached hydrogens (tertiary/aromatic N) is 2. The summed E-state index contributed by atoms with van der Waals surface area (Å²) in [6.07, 6.45) is 5.28. The van der Waals surface area contributed by atoms with Gasteiger partial charge in [-0.15, -0.1) is 0 Å². The Labute approximate surface area is 123 Å². The molecule has 1 unspecified atom stereocenters. The molecule has 2 fully saturated rings. The van der Waals surface area contributed by atoms with Gasteiger partial charge < -0.3 is 15.1 Å². The minimum atomic E-state index is 0.712. The summed E-state index contributed by atoms with van der Waals surface area (Å²) in [5.74, 6) is 0. The minimum absolute atomic E-state index is 0.712. The Morgan fingerprint density at radius 2 is 1.80 bits per heavy atom. The van der Waals surface area contributed by atoms with Gasteiger partial charge in [-0.05, 0) is 51.4 Å². The van der Waals surface area contributed by atoms with Crippen molar-refractivity contribution < 1.29 is 0 Å². The van der Waals surface area contributed by atoms with Gasteiger partial charge in [-0.25, -0.2) is 0 Å². The number of hydrogen-bond donors (Lipinski definition) is 1. The van der Waals surface area contributed by atoms with Crippen LogP contribution in [0.2, 0.25) is 0 Å². The Balaban J connectivity index is 1.42. The first-order valence-corrected chi connectivity index (χ1v) is 8.06. The van der Waals surface area contributed by atoms with Gasteiger partial charge in [0.25, 0.3) is 0 Å². The summed E-state index contributed by atoms with van der Waals surface area (Å²) in [6.45, 7) is 4.82. The number of anilines is 1. The molecular weight excluding hydrogens is 246 g/mol. The Hall–Kier alpha value is -1.06. The molecule has 0 radical (unpaired) electrons. The summed E-state index contributed by atoms with van der Waals surface area (Å²) in [7, 11) is 2.26. The van der Waals surface area contributed by atoms with Crippen molar-refractivity contribution in [2.24, 2.45) is 0 Å². The highest BCUT2D eigenvalue weighted by Crippen LogP contribution is 2.20. The molecule has 2 aliphatic rings. The molecule has 20 heavy (non-hydrogen) atoms. The van der Waals surface area contributed by atoms with Crippen molar-refractivity contribution in [2.45, 2.75) is 37.8 Å². The average molecular weight is 273 g/mol. The molecule has 1 atom stereocenters. The molecule has 1 N–H and O–H groups in total. The lowest BCUT2D eigenvalue weighted by molar-refractivity contribution is 0.282. The molecule has 3 heteroatoms. The zero-order valence-electron chi connectivity index (χ0n) is 12.6. The van der Waals surface area contributed by atoms with Crippen molar-refractivity contribution in [2.75, 3.05) is 38.1 Å². The van der Waals surface area contributed by atoms with E-state index >= 15 is 0 Å². The normalized spacial score (nSPS) is 25.2. The second-order valence-corrected chi connectivity index (χ2v) is 6.28. The lowest BCUT2D eigenvalue weighted by Crippen LogP contribution is -2.46. The standard InChI is InChI=1S/C17H27N3/c1-19-11-5-8-17(19)14-18-15-9-12-20(13-10-15)16-6-3-2-4-7-16/h2-4,6-7,15,17-18H,5,8-14H2,1H3. The van der Waals surface area contributed by atoms with E-state index in [2.05, 4.69) is 52.5 Å². The van der Waals surface area contributed by atoms with Crippen LogP contribution in [0.3, 0.4) is 0 Å². The van der Waals surface area contributed by atoms with Gasteiger partial charge in [0, 0.05) is 37.4 Å². The molecule has 1 aromatic rings. The number of nitrogens with one attached hydrogen (secondary N) is 1. The molecule has 3 rings (SSSR count). The fourth-order valence-electron chi connectivity index (χ4n) is 3.52. The van der Waals surface area contributed by atoms with Gasteiger partial charge in [-0.1, -0.05) is 18.2 Å². The molecule has 0 saturated carbocycles. The molecule has 0 amide bonds. The summed E-state index contributed by atoms with van der Waals surface area (Å²) in [5.41, 5.74) is 1.38. The van der Waals surface area contributed by atoms with Gasteiger partial charge in [-0.2, -0.15) is 0 Å². The monoisotopic (exact) mass is 273 g/mol. The van der Waals surface area contributed by atoms with Gasteiger partial charge in [0.1, 0.15) is 0 Å². The first-order chi connectivity index (χ1) is 9.83. The number of hydrogen-bond acceptors (Lipinski definition) is 3. The predicted molar refractivity (Wildman–Crippen MR) is 85.3 cm³/mol. The van der Waals surface area contributed by atoms with E-state index in [1.807, 2.05) is 0 Å². The van der Waals surface area contributed by atoms with E-state index in [4.69, 9.17) is 0 Å². The first kappa shape index (κ1) is 13.9. The number of para-hydroxylation sites is 1. The third kappa shape index (κ3) is 3.33. The summed E-state index contributed by atoms with van der Waals surface area (Å²) >= 11 is 0. The number of likely N-dealkylation sites (tertiary alicyclic amines) is 1. The van der Waals surface area contributed by atoms with E-state index in [0.29, 0.717) is 6.04 Å². The molecule has 1 aromatic carbocycles. The van der Waals surface area contributed by atoms with Crippen molar-refractivity contribution in [3.05, 3.63) is 30.3 Å². The van der Waals surface area contributed by atoms with E-state index in [9.17, 15) is 0 Å². The lowest BCUT2D eigenvalue weighted by Gasteiger charge is -2.35. The molecule has 3 nitrogen and oxygen atoms in total. The van der Waals surface area contributed by atoms with Gasteiger partial charge in [0.15, 0.2) is 0 Å². The topological polar surface area (TPSA) is 18.5 Å². The number of piperidine rings is 1. The van der Waals surface area contributed by atoms with Crippen LogP contribution in [0, 0.1) is 0 Å². The van der Waals surface area contributed by atoms with Crippen molar-refractivity contribution in [3.63, 3.8) is 0 Å². The number of benzene rings is 1. The maximum absolute atomic E-state index is 3.80. The maximum Gasteiger partial charge on any atom is 0.0366 e. The van der Waals surface area contributed by atoms with Crippen LogP contribution in [0.25, 0.3) is 0 Å². The van der Waals surface area contributed by atoms with Crippen LogP contribution in [-0.4, -0.2) is 50.2 Å². The highest BCUT2D eigenvalue weighted by molar-refractivity contribution is 5.46. The highest BCUT2D eigenvalue weighted by atomic mass is 15.2. The van der Waals surface area contributed by atoms with E-state index in [0.717, 1.165) is 6.04 Å². The van der Waals surface area contributed by atoms with Crippen LogP contribution in [-0.2, 0) is 0 Å². The third-order valence-corrected chi connectivity index (χ3v) is 4.93. The second-order valence-electron chi connectivity index (χ2n) is 6.28. The molecular formula is C17H27N3. The predicted octanol–water partition coefficient (Wildman–Crippen LogP) is 2.34. The van der Waals surface area contributed by atoms with Crippen molar-refractivity contribution in [1.82, 2.24) is 10.2 Å². The Morgan fingerprint density at radius 3 is 2.45 bits per heavy atom. The Bertz CT molecular complexity index is 398. The number of rotatable bonds is 4. The summed E-state index contributed by atoms with van der Waals surface area (Å²) in [5, 5.41) is 3.80. The van der Waals surface area contributed by atoms with Crippen molar-refractivity contribution >= 4 is 5.69 Å². The van der Waals surface area contributed by atoms with Crippen molar-refractivity contribution in [3.8, 4) is 0 Å². The van der Waals surface area contributed by atoms with Gasteiger partial charge in [-0.3, -0.25) is 0 Å². The summed E-state index contributed by atoms with van der Waals surface area (Å²) in [6, 6.07) is 12.3. The summed E-state index contributed by atoms with van der Waals surface area (Å²) < 4.78 is 0. The SMILES string of the molecule is CN1CCCC1CNC1CCN(c2ccccc2)CC1. The molecule has 2 aliphatic heterocycles. The quantitative estimate of drug-likeness (QED) is 0.908. The fourth-order valence-corrected chi connectivity index (χ4v) is 3.52. The van der Waals surface area contributed by atoms with E-state index in [1.54, 1.807) is 0 Å². The maximum atomic E-state index is 3.80. The van der Waals surface area contributed by atoms with Crippen LogP contribution >= 0.6 is 0 Å². The molecule has 0 spiro atoms. The molecule has 2 heterocycles. The zero-order chi connectivity index (χ0) is 13.8. The van der Waals surface area contributed by atoms with Crippen LogP contribution in [0.15, 0.2) is 30.3 Å². The lowest BCUT2D eigenvalue weighted by atomic mass is 10.0. The average Bonchev–Trinajstić information content (AvgIpc) is 2.92. The second kappa shape index (κ2) is 6.59. The first-order valence-electron chi connectivity index (χ1n) is 8.06. The van der Waals surface area contributed by atoms with Gasteiger partial charge in [0.2, 0.25) is 0 Å². The largest absolute Gasteiger partial charge is 0.371 e. The molecule has 2 saturated heterocycles. The highest BCUT2D eigenvalue weighted by Gasteiger charge is 2.23. The van der Waals surface area contributed by atoms with Crippen LogP contribution < -0.4 is 10.2 Å². The number of likely N-dealkylation sites (N-methyl/N-ethyl adjacent to an activating group) is 1.